The molecule has 2 fully saturated rings. The number of nitrogens with one attached hydrogen (secondary N) is 3. The highest BCUT2D eigenvalue weighted by atomic mass is 19.1. The van der Waals surface area contributed by atoms with Crippen molar-refractivity contribution in [3.63, 3.8) is 0 Å². The van der Waals surface area contributed by atoms with Crippen LogP contribution in [0, 0.1) is 5.82 Å². The zero-order valence-corrected chi connectivity index (χ0v) is 14.4. The van der Waals surface area contributed by atoms with Gasteiger partial charge >= 0.3 is 0 Å². The van der Waals surface area contributed by atoms with Crippen LogP contribution in [0.1, 0.15) is 31.2 Å². The number of carbonyl (C=O) groups excluding carboxylic acids is 3. The molecule has 1 aromatic rings. The lowest BCUT2D eigenvalue weighted by atomic mass is 9.86. The van der Waals surface area contributed by atoms with Gasteiger partial charge in [0.15, 0.2) is 0 Å². The van der Waals surface area contributed by atoms with Gasteiger partial charge < -0.3 is 21.7 Å². The summed E-state index contributed by atoms with van der Waals surface area (Å²) in [7, 11) is 0. The largest absolute Gasteiger partial charge is 0.368 e. The summed E-state index contributed by atoms with van der Waals surface area (Å²) in [5.74, 6) is -1.61. The molecule has 0 aromatic heterocycles. The van der Waals surface area contributed by atoms with Crippen molar-refractivity contribution in [1.82, 2.24) is 16.0 Å². The van der Waals surface area contributed by atoms with Crippen molar-refractivity contribution in [2.75, 3.05) is 13.1 Å². The molecule has 140 valence electrons. The summed E-state index contributed by atoms with van der Waals surface area (Å²) in [6.07, 6.45) is 1.92. The third-order valence-electron chi connectivity index (χ3n) is 5.12. The maximum Gasteiger partial charge on any atom is 0.246 e. The molecule has 3 amide bonds. The van der Waals surface area contributed by atoms with Gasteiger partial charge in [-0.2, -0.15) is 0 Å². The summed E-state index contributed by atoms with van der Waals surface area (Å²) < 4.78 is 13.0. The Hall–Kier alpha value is -2.48. The maximum absolute atomic E-state index is 13.0. The SMILES string of the molecule is NC(=O)C1(NC(=O)C2(NC(=O)Cc3ccc(F)cc3)CCNCC2)CC1. The second-order valence-corrected chi connectivity index (χ2v) is 7.08. The van der Waals surface area contributed by atoms with Crippen molar-refractivity contribution >= 4 is 17.7 Å². The van der Waals surface area contributed by atoms with E-state index in [1.54, 1.807) is 0 Å². The predicted octanol–water partition coefficient (Wildman–Crippen LogP) is -0.259. The molecule has 0 radical (unpaired) electrons. The molecule has 3 rings (SSSR count). The number of rotatable bonds is 6. The summed E-state index contributed by atoms with van der Waals surface area (Å²) in [5, 5.41) is 8.76. The Morgan fingerprint density at radius 1 is 1.00 bits per heavy atom. The number of primary amides is 1. The summed E-state index contributed by atoms with van der Waals surface area (Å²) in [5.41, 5.74) is 3.99. The highest BCUT2D eigenvalue weighted by Crippen LogP contribution is 2.36. The minimum Gasteiger partial charge on any atom is -0.368 e. The third kappa shape index (κ3) is 3.85. The lowest BCUT2D eigenvalue weighted by molar-refractivity contribution is -0.137. The van der Waals surface area contributed by atoms with Gasteiger partial charge in [-0.3, -0.25) is 14.4 Å². The molecule has 7 nitrogen and oxygen atoms in total. The predicted molar refractivity (Wildman–Crippen MR) is 92.4 cm³/mol. The molecule has 1 aliphatic carbocycles. The molecule has 0 spiro atoms. The summed E-state index contributed by atoms with van der Waals surface area (Å²) in [6.45, 7) is 1.15. The zero-order chi connectivity index (χ0) is 18.8. The molecule has 0 bridgehead atoms. The third-order valence-corrected chi connectivity index (χ3v) is 5.12. The lowest BCUT2D eigenvalue weighted by Crippen LogP contribution is -2.65. The van der Waals surface area contributed by atoms with E-state index >= 15 is 0 Å². The molecule has 1 aromatic carbocycles. The molecular formula is C18H23FN4O3. The van der Waals surface area contributed by atoms with Crippen molar-refractivity contribution in [3.8, 4) is 0 Å². The first-order valence-corrected chi connectivity index (χ1v) is 8.74. The van der Waals surface area contributed by atoms with E-state index < -0.39 is 17.0 Å². The second kappa shape index (κ2) is 7.03. The van der Waals surface area contributed by atoms with Gasteiger partial charge in [0.25, 0.3) is 0 Å². The Bertz CT molecular complexity index is 710. The molecule has 5 N–H and O–H groups in total. The first kappa shape index (κ1) is 18.3. The van der Waals surface area contributed by atoms with Gasteiger partial charge in [-0.15, -0.1) is 0 Å². The van der Waals surface area contributed by atoms with Crippen LogP contribution < -0.4 is 21.7 Å². The van der Waals surface area contributed by atoms with Gasteiger partial charge in [-0.25, -0.2) is 4.39 Å². The van der Waals surface area contributed by atoms with Crippen LogP contribution in [0.15, 0.2) is 24.3 Å². The van der Waals surface area contributed by atoms with Crippen LogP contribution in [0.2, 0.25) is 0 Å². The van der Waals surface area contributed by atoms with E-state index in [1.807, 2.05) is 0 Å². The highest BCUT2D eigenvalue weighted by Gasteiger charge is 2.53. The number of nitrogens with two attached hydrogens (primary N) is 1. The molecule has 26 heavy (non-hydrogen) atoms. The molecule has 0 unspecified atom stereocenters. The van der Waals surface area contributed by atoms with E-state index in [9.17, 15) is 18.8 Å². The van der Waals surface area contributed by atoms with Crippen molar-refractivity contribution in [2.24, 2.45) is 5.73 Å². The topological polar surface area (TPSA) is 113 Å². The minimum absolute atomic E-state index is 0.0453. The van der Waals surface area contributed by atoms with E-state index in [2.05, 4.69) is 16.0 Å². The molecule has 8 heteroatoms. The van der Waals surface area contributed by atoms with Gasteiger partial charge in [0.2, 0.25) is 17.7 Å². The maximum atomic E-state index is 13.0. The molecule has 0 atom stereocenters. The standard InChI is InChI=1S/C18H23FN4O3/c19-13-3-1-12(2-4-13)11-14(24)22-18(7-9-21-10-8-18)16(26)23-17(5-6-17)15(20)25/h1-4,21H,5-11H2,(H2,20,25)(H,22,24)(H,23,26). The number of halogens is 1. The Morgan fingerprint density at radius 2 is 1.62 bits per heavy atom. The number of carbonyl (C=O) groups is 3. The smallest absolute Gasteiger partial charge is 0.246 e. The van der Waals surface area contributed by atoms with Crippen molar-refractivity contribution in [3.05, 3.63) is 35.6 Å². The fourth-order valence-corrected chi connectivity index (χ4v) is 3.26. The van der Waals surface area contributed by atoms with Gasteiger partial charge in [0.1, 0.15) is 16.9 Å². The van der Waals surface area contributed by atoms with Crippen molar-refractivity contribution in [2.45, 2.75) is 43.2 Å². The van der Waals surface area contributed by atoms with Gasteiger partial charge in [0, 0.05) is 0 Å². The lowest BCUT2D eigenvalue weighted by Gasteiger charge is -2.38. The fraction of sp³-hybridized carbons (Fsp3) is 0.500. The van der Waals surface area contributed by atoms with E-state index in [1.165, 1.54) is 24.3 Å². The van der Waals surface area contributed by atoms with E-state index in [4.69, 9.17) is 5.73 Å². The summed E-state index contributed by atoms with van der Waals surface area (Å²) in [4.78, 5) is 37.0. The van der Waals surface area contributed by atoms with Crippen molar-refractivity contribution in [1.29, 1.82) is 0 Å². The van der Waals surface area contributed by atoms with Crippen LogP contribution >= 0.6 is 0 Å². The van der Waals surface area contributed by atoms with Crippen LogP contribution in [-0.2, 0) is 20.8 Å². The highest BCUT2D eigenvalue weighted by molar-refractivity contribution is 5.98. The summed E-state index contributed by atoms with van der Waals surface area (Å²) >= 11 is 0. The first-order chi connectivity index (χ1) is 12.4. The Labute approximate surface area is 150 Å². The number of hydrogen-bond acceptors (Lipinski definition) is 4. The Kier molecular flexibility index (Phi) is 4.95. The van der Waals surface area contributed by atoms with Crippen molar-refractivity contribution < 1.29 is 18.8 Å². The molecule has 1 saturated heterocycles. The fourth-order valence-electron chi connectivity index (χ4n) is 3.26. The van der Waals surface area contributed by atoms with Gasteiger partial charge in [0.05, 0.1) is 6.42 Å². The average Bonchev–Trinajstić information content (AvgIpc) is 3.38. The number of benzene rings is 1. The Morgan fingerprint density at radius 3 is 2.15 bits per heavy atom. The minimum atomic E-state index is -1.08. The Balaban J connectivity index is 1.70. The van der Waals surface area contributed by atoms with Gasteiger partial charge in [-0.1, -0.05) is 12.1 Å². The normalized spacial score (nSPS) is 20.0. The molecule has 2 aliphatic rings. The molecule has 1 saturated carbocycles. The van der Waals surface area contributed by atoms with Crippen LogP contribution in [0.5, 0.6) is 0 Å². The average molecular weight is 362 g/mol. The number of hydrogen-bond donors (Lipinski definition) is 4. The first-order valence-electron chi connectivity index (χ1n) is 8.74. The summed E-state index contributed by atoms with van der Waals surface area (Å²) in [6, 6.07) is 5.66. The second-order valence-electron chi connectivity index (χ2n) is 7.08. The number of piperidine rings is 1. The van der Waals surface area contributed by atoms with E-state index in [0.717, 1.165) is 0 Å². The molecular weight excluding hydrogens is 339 g/mol. The zero-order valence-electron chi connectivity index (χ0n) is 14.4. The van der Waals surface area contributed by atoms with Crippen LogP contribution in [0.3, 0.4) is 0 Å². The van der Waals surface area contributed by atoms with Gasteiger partial charge in [-0.05, 0) is 56.5 Å². The monoisotopic (exact) mass is 362 g/mol. The quantitative estimate of drug-likeness (QED) is 0.558. The molecule has 1 heterocycles. The molecule has 1 aliphatic heterocycles. The van der Waals surface area contributed by atoms with Crippen LogP contribution in [0.25, 0.3) is 0 Å². The van der Waals surface area contributed by atoms with Crippen LogP contribution in [0.4, 0.5) is 4.39 Å². The van der Waals surface area contributed by atoms with Crippen LogP contribution in [-0.4, -0.2) is 41.9 Å². The van der Waals surface area contributed by atoms with E-state index in [0.29, 0.717) is 44.3 Å². The number of amides is 3. The van der Waals surface area contributed by atoms with E-state index in [-0.39, 0.29) is 24.1 Å².